The fourth-order valence-electron chi connectivity index (χ4n) is 4.09. The summed E-state index contributed by atoms with van der Waals surface area (Å²) < 4.78 is 12.7. The highest BCUT2D eigenvalue weighted by atomic mass is 16.5. The molecule has 2 aliphatic heterocycles. The highest BCUT2D eigenvalue weighted by Crippen LogP contribution is 2.22. The molecule has 7 nitrogen and oxygen atoms in total. The molecule has 0 aliphatic carbocycles. The lowest BCUT2D eigenvalue weighted by atomic mass is 10.1. The van der Waals surface area contributed by atoms with Gasteiger partial charge in [-0.15, -0.1) is 0 Å². The molecule has 0 N–H and O–H groups in total. The van der Waals surface area contributed by atoms with Gasteiger partial charge in [-0.2, -0.15) is 5.10 Å². The Bertz CT molecular complexity index is 796. The van der Waals surface area contributed by atoms with Crippen molar-refractivity contribution in [3.63, 3.8) is 0 Å². The van der Waals surface area contributed by atoms with E-state index in [0.29, 0.717) is 18.9 Å². The summed E-state index contributed by atoms with van der Waals surface area (Å²) in [5, 5.41) is 4.60. The number of morpholine rings is 1. The molecular weight excluding hydrogens is 368 g/mol. The van der Waals surface area contributed by atoms with Crippen LogP contribution < -0.4 is 0 Å². The maximum absolute atomic E-state index is 13.6. The highest BCUT2D eigenvalue weighted by Gasteiger charge is 2.29. The maximum Gasteiger partial charge on any atom is 0.272 e. The van der Waals surface area contributed by atoms with Crippen LogP contribution in [0.5, 0.6) is 0 Å². The summed E-state index contributed by atoms with van der Waals surface area (Å²) in [6, 6.07) is 12.1. The number of benzene rings is 1. The van der Waals surface area contributed by atoms with Gasteiger partial charge in [0.2, 0.25) is 0 Å². The van der Waals surface area contributed by atoms with Crippen LogP contribution in [0.15, 0.2) is 36.4 Å². The van der Waals surface area contributed by atoms with Crippen LogP contribution in [0.25, 0.3) is 11.3 Å². The number of aryl methyl sites for hydroxylation is 1. The molecule has 156 valence electrons. The first-order valence-electron chi connectivity index (χ1n) is 10.5. The number of hydrogen-bond donors (Lipinski definition) is 0. The van der Waals surface area contributed by atoms with Crippen LogP contribution in [-0.2, 0) is 16.5 Å². The lowest BCUT2D eigenvalue weighted by molar-refractivity contribution is 0.0137. The zero-order valence-electron chi connectivity index (χ0n) is 17.1. The average Bonchev–Trinajstić information content (AvgIpc) is 3.17. The van der Waals surface area contributed by atoms with Crippen LogP contribution in [0.2, 0.25) is 0 Å². The van der Waals surface area contributed by atoms with Gasteiger partial charge in [0.05, 0.1) is 18.9 Å². The molecule has 3 heterocycles. The minimum atomic E-state index is 0.0577. The second-order valence-corrected chi connectivity index (χ2v) is 7.70. The third-order valence-corrected chi connectivity index (χ3v) is 5.82. The van der Waals surface area contributed by atoms with Crippen molar-refractivity contribution < 1.29 is 14.3 Å². The Morgan fingerprint density at radius 3 is 2.52 bits per heavy atom. The van der Waals surface area contributed by atoms with Gasteiger partial charge < -0.3 is 14.4 Å². The fourth-order valence-corrected chi connectivity index (χ4v) is 4.09. The number of nitrogens with zero attached hydrogens (tertiary/aromatic N) is 4. The Morgan fingerprint density at radius 2 is 1.79 bits per heavy atom. The van der Waals surface area contributed by atoms with Crippen molar-refractivity contribution in [1.29, 1.82) is 0 Å². The van der Waals surface area contributed by atoms with E-state index in [0.717, 1.165) is 63.5 Å². The van der Waals surface area contributed by atoms with Gasteiger partial charge in [-0.05, 0) is 18.9 Å². The summed E-state index contributed by atoms with van der Waals surface area (Å²) in [5.74, 6) is 0.0577. The Labute approximate surface area is 172 Å². The van der Waals surface area contributed by atoms with E-state index in [1.165, 1.54) is 0 Å². The van der Waals surface area contributed by atoms with Gasteiger partial charge in [0.1, 0.15) is 5.69 Å². The zero-order valence-corrected chi connectivity index (χ0v) is 17.1. The third-order valence-electron chi connectivity index (χ3n) is 5.82. The largest absolute Gasteiger partial charge is 0.381 e. The number of amides is 1. The Balaban J connectivity index is 1.53. The minimum Gasteiger partial charge on any atom is -0.381 e. The molecule has 1 aromatic heterocycles. The second-order valence-electron chi connectivity index (χ2n) is 7.70. The molecule has 2 saturated heterocycles. The summed E-state index contributed by atoms with van der Waals surface area (Å²) in [5.41, 5.74) is 2.49. The second kappa shape index (κ2) is 9.52. The molecule has 0 bridgehead atoms. The van der Waals surface area contributed by atoms with Crippen molar-refractivity contribution in [3.8, 4) is 11.3 Å². The molecule has 29 heavy (non-hydrogen) atoms. The van der Waals surface area contributed by atoms with E-state index in [-0.39, 0.29) is 11.9 Å². The SMILES string of the molecule is Cn1nc(-c2ccccc2)cc1C(=O)N(CCN1CCOCC1)C1CCOCC1. The van der Waals surface area contributed by atoms with Crippen LogP contribution in [0.4, 0.5) is 0 Å². The molecule has 0 atom stereocenters. The summed E-state index contributed by atoms with van der Waals surface area (Å²) in [6.07, 6.45) is 1.77. The van der Waals surface area contributed by atoms with Gasteiger partial charge in [-0.3, -0.25) is 14.4 Å². The summed E-state index contributed by atoms with van der Waals surface area (Å²) in [4.78, 5) is 18.0. The lowest BCUT2D eigenvalue weighted by Crippen LogP contribution is -2.48. The molecule has 0 unspecified atom stereocenters. The van der Waals surface area contributed by atoms with Crippen molar-refractivity contribution in [1.82, 2.24) is 19.6 Å². The quantitative estimate of drug-likeness (QED) is 0.745. The topological polar surface area (TPSA) is 59.8 Å². The van der Waals surface area contributed by atoms with Gasteiger partial charge in [-0.25, -0.2) is 0 Å². The van der Waals surface area contributed by atoms with Crippen molar-refractivity contribution in [2.45, 2.75) is 18.9 Å². The molecule has 0 spiro atoms. The summed E-state index contributed by atoms with van der Waals surface area (Å²) in [7, 11) is 1.85. The molecule has 7 heteroatoms. The minimum absolute atomic E-state index is 0.0577. The molecule has 2 aromatic rings. The average molecular weight is 399 g/mol. The molecule has 1 aromatic carbocycles. The third kappa shape index (κ3) is 4.86. The van der Waals surface area contributed by atoms with Crippen LogP contribution in [0.3, 0.4) is 0 Å². The molecule has 1 amide bonds. The van der Waals surface area contributed by atoms with Crippen LogP contribution >= 0.6 is 0 Å². The van der Waals surface area contributed by atoms with Gasteiger partial charge in [0.15, 0.2) is 0 Å². The first-order chi connectivity index (χ1) is 14.2. The predicted octanol–water partition coefficient (Wildman–Crippen LogP) is 2.04. The predicted molar refractivity (Wildman–Crippen MR) is 111 cm³/mol. The Hall–Kier alpha value is -2.22. The standard InChI is InChI=1S/C22H30N4O3/c1-24-21(17-20(23-24)18-5-3-2-4-6-18)22(27)26(19-7-13-28-14-8-19)10-9-25-11-15-29-16-12-25/h2-6,17,19H,7-16H2,1H3. The van der Waals surface area contributed by atoms with Crippen molar-refractivity contribution in [2.75, 3.05) is 52.6 Å². The van der Waals surface area contributed by atoms with Crippen molar-refractivity contribution in [3.05, 3.63) is 42.1 Å². The highest BCUT2D eigenvalue weighted by molar-refractivity contribution is 5.94. The Kier molecular flexibility index (Phi) is 6.59. The normalized spacial score (nSPS) is 18.7. The number of carbonyl (C=O) groups excluding carboxylic acids is 1. The van der Waals surface area contributed by atoms with E-state index < -0.39 is 0 Å². The van der Waals surface area contributed by atoms with E-state index in [2.05, 4.69) is 10.00 Å². The maximum atomic E-state index is 13.6. The molecule has 2 aliphatic rings. The molecule has 0 radical (unpaired) electrons. The number of aromatic nitrogens is 2. The molecule has 4 rings (SSSR count). The number of carbonyl (C=O) groups is 1. The van der Waals surface area contributed by atoms with Crippen LogP contribution in [0.1, 0.15) is 23.3 Å². The van der Waals surface area contributed by atoms with E-state index in [1.54, 1.807) is 4.68 Å². The van der Waals surface area contributed by atoms with E-state index in [4.69, 9.17) is 9.47 Å². The van der Waals surface area contributed by atoms with Crippen LogP contribution in [0, 0.1) is 0 Å². The van der Waals surface area contributed by atoms with Crippen LogP contribution in [-0.4, -0.2) is 84.1 Å². The van der Waals surface area contributed by atoms with Gasteiger partial charge >= 0.3 is 0 Å². The van der Waals surface area contributed by atoms with Gasteiger partial charge in [-0.1, -0.05) is 30.3 Å². The number of hydrogen-bond acceptors (Lipinski definition) is 5. The van der Waals surface area contributed by atoms with Gasteiger partial charge in [0.25, 0.3) is 5.91 Å². The lowest BCUT2D eigenvalue weighted by Gasteiger charge is -2.36. The van der Waals surface area contributed by atoms with E-state index in [1.807, 2.05) is 48.3 Å². The number of rotatable bonds is 6. The first kappa shape index (κ1) is 20.1. The zero-order chi connectivity index (χ0) is 20.1. The number of ether oxygens (including phenoxy) is 2. The molecule has 0 saturated carbocycles. The summed E-state index contributed by atoms with van der Waals surface area (Å²) in [6.45, 7) is 6.42. The molecule has 2 fully saturated rings. The van der Waals surface area contributed by atoms with E-state index >= 15 is 0 Å². The Morgan fingerprint density at radius 1 is 1.10 bits per heavy atom. The van der Waals surface area contributed by atoms with E-state index in [9.17, 15) is 4.79 Å². The fraction of sp³-hybridized carbons (Fsp3) is 0.545. The van der Waals surface area contributed by atoms with Crippen molar-refractivity contribution in [2.24, 2.45) is 7.05 Å². The van der Waals surface area contributed by atoms with Crippen molar-refractivity contribution >= 4 is 5.91 Å². The first-order valence-corrected chi connectivity index (χ1v) is 10.5. The monoisotopic (exact) mass is 398 g/mol. The summed E-state index contributed by atoms with van der Waals surface area (Å²) >= 11 is 0. The molecular formula is C22H30N4O3. The smallest absolute Gasteiger partial charge is 0.272 e. The van der Waals surface area contributed by atoms with Gasteiger partial charge in [0, 0.05) is 58.0 Å².